The molecule has 1 aromatic carbocycles. The molecule has 0 unspecified atom stereocenters. The van der Waals surface area contributed by atoms with E-state index in [-0.39, 0.29) is 11.6 Å². The molecule has 0 radical (unpaired) electrons. The smallest absolute Gasteiger partial charge is 0.361 e. The second-order valence-electron chi connectivity index (χ2n) is 5.12. The van der Waals surface area contributed by atoms with Crippen LogP contribution in [0.5, 0.6) is 0 Å². The lowest BCUT2D eigenvalue weighted by atomic mass is 10.0. The Hall–Kier alpha value is -1.50. The number of methoxy groups -OCH3 is 1. The minimum Gasteiger partial charge on any atom is -0.464 e. The molecule has 1 fully saturated rings. The summed E-state index contributed by atoms with van der Waals surface area (Å²) in [6.07, 6.45) is 1.68. The zero-order chi connectivity index (χ0) is 16.2. The Morgan fingerprint density at radius 2 is 2.00 bits per heavy atom. The molecule has 1 saturated heterocycles. The fraction of sp³-hybridized carbons (Fsp3) is 0.375. The number of carbonyl (C=O) groups excluding carboxylic acids is 1. The summed E-state index contributed by atoms with van der Waals surface area (Å²) in [6.45, 7) is 1.36. The molecule has 0 spiro atoms. The molecule has 0 amide bonds. The number of esters is 1. The SMILES string of the molecule is COC(=O)c1nc(C2CCOCC2)oc1Sc1ccc(Cl)cc1. The Morgan fingerprint density at radius 3 is 2.65 bits per heavy atom. The van der Waals surface area contributed by atoms with Crippen molar-refractivity contribution in [2.75, 3.05) is 20.3 Å². The van der Waals surface area contributed by atoms with Crippen molar-refractivity contribution in [1.29, 1.82) is 0 Å². The first-order chi connectivity index (χ1) is 11.2. The van der Waals surface area contributed by atoms with Crippen LogP contribution in [0.2, 0.25) is 5.02 Å². The summed E-state index contributed by atoms with van der Waals surface area (Å²) in [5, 5.41) is 1.10. The first kappa shape index (κ1) is 16.4. The number of hydrogen-bond donors (Lipinski definition) is 0. The van der Waals surface area contributed by atoms with Crippen molar-refractivity contribution < 1.29 is 18.7 Å². The summed E-state index contributed by atoms with van der Waals surface area (Å²) in [5.41, 5.74) is 0.217. The lowest BCUT2D eigenvalue weighted by Crippen LogP contribution is -2.14. The Morgan fingerprint density at radius 1 is 1.30 bits per heavy atom. The molecule has 0 saturated carbocycles. The molecule has 2 aromatic rings. The van der Waals surface area contributed by atoms with E-state index in [4.69, 9.17) is 25.5 Å². The summed E-state index contributed by atoms with van der Waals surface area (Å²) >= 11 is 7.23. The largest absolute Gasteiger partial charge is 0.464 e. The van der Waals surface area contributed by atoms with Gasteiger partial charge < -0.3 is 13.9 Å². The maximum atomic E-state index is 12.0. The van der Waals surface area contributed by atoms with Gasteiger partial charge in [-0.05, 0) is 48.9 Å². The van der Waals surface area contributed by atoms with E-state index in [0.29, 0.717) is 29.2 Å². The van der Waals surface area contributed by atoms with E-state index in [2.05, 4.69) is 4.98 Å². The number of hydrogen-bond acceptors (Lipinski definition) is 6. The van der Waals surface area contributed by atoms with E-state index in [1.54, 1.807) is 12.1 Å². The van der Waals surface area contributed by atoms with Crippen LogP contribution < -0.4 is 0 Å². The van der Waals surface area contributed by atoms with Crippen LogP contribution in [0.1, 0.15) is 35.1 Å². The average molecular weight is 354 g/mol. The second-order valence-corrected chi connectivity index (χ2v) is 6.61. The number of carbonyl (C=O) groups is 1. The highest BCUT2D eigenvalue weighted by atomic mass is 35.5. The van der Waals surface area contributed by atoms with Gasteiger partial charge in [-0.1, -0.05) is 11.6 Å². The quantitative estimate of drug-likeness (QED) is 0.769. The van der Waals surface area contributed by atoms with Gasteiger partial charge in [0.2, 0.25) is 10.8 Å². The molecule has 0 atom stereocenters. The molecule has 0 bridgehead atoms. The van der Waals surface area contributed by atoms with Crippen LogP contribution in [-0.2, 0) is 9.47 Å². The lowest BCUT2D eigenvalue weighted by Gasteiger charge is -2.18. The minimum absolute atomic E-state index is 0.173. The van der Waals surface area contributed by atoms with E-state index in [0.717, 1.165) is 17.7 Å². The van der Waals surface area contributed by atoms with Crippen LogP contribution in [0, 0.1) is 0 Å². The van der Waals surface area contributed by atoms with Crippen molar-refractivity contribution in [2.45, 2.75) is 28.7 Å². The van der Waals surface area contributed by atoms with E-state index in [1.165, 1.54) is 18.9 Å². The van der Waals surface area contributed by atoms with Crippen LogP contribution in [0.15, 0.2) is 38.7 Å². The normalized spacial score (nSPS) is 15.6. The van der Waals surface area contributed by atoms with Crippen molar-refractivity contribution in [3.05, 3.63) is 40.9 Å². The Kier molecular flexibility index (Phi) is 5.25. The van der Waals surface area contributed by atoms with Crippen LogP contribution in [0.25, 0.3) is 0 Å². The van der Waals surface area contributed by atoms with Gasteiger partial charge in [0.15, 0.2) is 5.89 Å². The van der Waals surface area contributed by atoms with E-state index in [1.807, 2.05) is 12.1 Å². The van der Waals surface area contributed by atoms with Gasteiger partial charge in [0.25, 0.3) is 0 Å². The third-order valence-corrected chi connectivity index (χ3v) is 4.81. The maximum absolute atomic E-state index is 12.0. The summed E-state index contributed by atoms with van der Waals surface area (Å²) in [6, 6.07) is 7.31. The highest BCUT2D eigenvalue weighted by Crippen LogP contribution is 2.36. The zero-order valence-electron chi connectivity index (χ0n) is 12.6. The standard InChI is InChI=1S/C16H16ClNO4S/c1-20-15(19)13-16(23-12-4-2-11(17)3-5-12)22-14(18-13)10-6-8-21-9-7-10/h2-5,10H,6-9H2,1H3. The number of benzene rings is 1. The predicted octanol–water partition coefficient (Wildman–Crippen LogP) is 4.16. The van der Waals surface area contributed by atoms with Gasteiger partial charge in [-0.25, -0.2) is 9.78 Å². The molecular formula is C16H16ClNO4S. The van der Waals surface area contributed by atoms with Crippen molar-refractivity contribution in [3.63, 3.8) is 0 Å². The third-order valence-electron chi connectivity index (χ3n) is 3.59. The number of aromatic nitrogens is 1. The molecule has 7 heteroatoms. The molecule has 1 aromatic heterocycles. The monoisotopic (exact) mass is 353 g/mol. The second kappa shape index (κ2) is 7.38. The molecule has 0 aliphatic carbocycles. The lowest BCUT2D eigenvalue weighted by molar-refractivity contribution is 0.0588. The van der Waals surface area contributed by atoms with Gasteiger partial charge in [0.05, 0.1) is 7.11 Å². The number of nitrogens with zero attached hydrogens (tertiary/aromatic N) is 1. The molecule has 1 aliphatic rings. The van der Waals surface area contributed by atoms with E-state index < -0.39 is 5.97 Å². The fourth-order valence-corrected chi connectivity index (χ4v) is 3.31. The van der Waals surface area contributed by atoms with Gasteiger partial charge in [0.1, 0.15) is 0 Å². The third kappa shape index (κ3) is 3.88. The van der Waals surface area contributed by atoms with Gasteiger partial charge in [-0.2, -0.15) is 0 Å². The first-order valence-corrected chi connectivity index (χ1v) is 8.47. The molecular weight excluding hydrogens is 338 g/mol. The van der Waals surface area contributed by atoms with Crippen LogP contribution >= 0.6 is 23.4 Å². The van der Waals surface area contributed by atoms with E-state index in [9.17, 15) is 4.79 Å². The molecule has 5 nitrogen and oxygen atoms in total. The molecule has 3 rings (SSSR count). The molecule has 122 valence electrons. The highest BCUT2D eigenvalue weighted by molar-refractivity contribution is 7.99. The topological polar surface area (TPSA) is 61.6 Å². The van der Waals surface area contributed by atoms with Gasteiger partial charge in [0, 0.05) is 29.0 Å². The Labute approximate surface area is 143 Å². The molecule has 0 N–H and O–H groups in total. The minimum atomic E-state index is -0.497. The molecule has 1 aliphatic heterocycles. The summed E-state index contributed by atoms with van der Waals surface area (Å²) in [4.78, 5) is 17.3. The number of ether oxygens (including phenoxy) is 2. The van der Waals surface area contributed by atoms with Crippen molar-refractivity contribution in [3.8, 4) is 0 Å². The van der Waals surface area contributed by atoms with Gasteiger partial charge in [-0.15, -0.1) is 0 Å². The zero-order valence-corrected chi connectivity index (χ0v) is 14.2. The number of oxazole rings is 1. The summed E-state index contributed by atoms with van der Waals surface area (Å²) < 4.78 is 16.0. The summed E-state index contributed by atoms with van der Waals surface area (Å²) in [7, 11) is 1.34. The predicted molar refractivity (Wildman–Crippen MR) is 86.2 cm³/mol. The fourth-order valence-electron chi connectivity index (χ4n) is 2.35. The Balaban J connectivity index is 1.88. The van der Waals surface area contributed by atoms with Crippen LogP contribution in [0.3, 0.4) is 0 Å². The van der Waals surface area contributed by atoms with Crippen molar-refractivity contribution >= 4 is 29.3 Å². The first-order valence-electron chi connectivity index (χ1n) is 7.27. The molecule has 2 heterocycles. The number of rotatable bonds is 4. The summed E-state index contributed by atoms with van der Waals surface area (Å²) in [5.74, 6) is 0.250. The van der Waals surface area contributed by atoms with Gasteiger partial charge >= 0.3 is 5.97 Å². The maximum Gasteiger partial charge on any atom is 0.361 e. The number of halogens is 1. The van der Waals surface area contributed by atoms with Crippen LogP contribution in [-0.4, -0.2) is 31.3 Å². The average Bonchev–Trinajstić information content (AvgIpc) is 3.01. The Bertz CT molecular complexity index is 680. The van der Waals surface area contributed by atoms with Crippen LogP contribution in [0.4, 0.5) is 0 Å². The highest BCUT2D eigenvalue weighted by Gasteiger charge is 2.27. The van der Waals surface area contributed by atoms with Crippen molar-refractivity contribution in [1.82, 2.24) is 4.98 Å². The van der Waals surface area contributed by atoms with E-state index >= 15 is 0 Å². The van der Waals surface area contributed by atoms with Crippen molar-refractivity contribution in [2.24, 2.45) is 0 Å². The van der Waals surface area contributed by atoms with Gasteiger partial charge in [-0.3, -0.25) is 0 Å². The molecule has 23 heavy (non-hydrogen) atoms.